The molecule has 1 N–H and O–H groups in total. The van der Waals surface area contributed by atoms with Crippen LogP contribution in [0.5, 0.6) is 0 Å². The number of hydrogen-bond donors (Lipinski definition) is 1. The van der Waals surface area contributed by atoms with Gasteiger partial charge in [-0.1, -0.05) is 18.2 Å². The first-order chi connectivity index (χ1) is 13.1. The monoisotopic (exact) mass is 365 g/mol. The van der Waals surface area contributed by atoms with E-state index >= 15 is 0 Å². The molecule has 2 aromatic heterocycles. The fourth-order valence-electron chi connectivity index (χ4n) is 3.74. The Labute approximate surface area is 157 Å². The Hall–Kier alpha value is -2.77. The Kier molecular flexibility index (Phi) is 4.87. The van der Waals surface area contributed by atoms with Crippen LogP contribution in [0, 0.1) is 17.0 Å². The topological polar surface area (TPSA) is 75.7 Å². The molecule has 0 unspecified atom stereocenters. The molecule has 0 saturated carbocycles. The number of fused-ring (bicyclic) bond motifs is 1. The van der Waals surface area contributed by atoms with Crippen molar-refractivity contribution in [1.29, 1.82) is 0 Å². The SMILES string of the molecule is Cc1cccc2nc(-c3cccc([N+](=O)[O-])c3)c(CN3CCCNCC3)n12. The fourth-order valence-corrected chi connectivity index (χ4v) is 3.74. The van der Waals surface area contributed by atoms with Crippen molar-refractivity contribution in [2.45, 2.75) is 19.9 Å². The van der Waals surface area contributed by atoms with Crippen LogP contribution in [-0.4, -0.2) is 45.4 Å². The zero-order valence-corrected chi connectivity index (χ0v) is 15.4. The Bertz CT molecular complexity index is 974. The van der Waals surface area contributed by atoms with Gasteiger partial charge in [0, 0.05) is 43.0 Å². The highest BCUT2D eigenvalue weighted by molar-refractivity contribution is 5.69. The van der Waals surface area contributed by atoms with Gasteiger partial charge < -0.3 is 5.32 Å². The minimum Gasteiger partial charge on any atom is -0.315 e. The fraction of sp³-hybridized carbons (Fsp3) is 0.350. The van der Waals surface area contributed by atoms with E-state index in [0.29, 0.717) is 0 Å². The molecule has 0 amide bonds. The molecular weight excluding hydrogens is 342 g/mol. The van der Waals surface area contributed by atoms with E-state index in [4.69, 9.17) is 4.98 Å². The second-order valence-electron chi connectivity index (χ2n) is 6.96. The minimum atomic E-state index is -0.356. The molecule has 1 fully saturated rings. The number of pyridine rings is 1. The van der Waals surface area contributed by atoms with Gasteiger partial charge in [0.2, 0.25) is 0 Å². The van der Waals surface area contributed by atoms with Gasteiger partial charge in [-0.15, -0.1) is 0 Å². The number of aryl methyl sites for hydroxylation is 1. The van der Waals surface area contributed by atoms with Gasteiger partial charge in [0.1, 0.15) is 5.65 Å². The zero-order chi connectivity index (χ0) is 18.8. The smallest absolute Gasteiger partial charge is 0.270 e. The maximum Gasteiger partial charge on any atom is 0.270 e. The van der Waals surface area contributed by atoms with Crippen LogP contribution in [0.25, 0.3) is 16.9 Å². The Morgan fingerprint density at radius 1 is 1.19 bits per heavy atom. The number of aromatic nitrogens is 2. The van der Waals surface area contributed by atoms with Crippen LogP contribution < -0.4 is 5.32 Å². The number of nitrogens with one attached hydrogen (secondary N) is 1. The van der Waals surface area contributed by atoms with Crippen molar-refractivity contribution < 1.29 is 4.92 Å². The van der Waals surface area contributed by atoms with Crippen molar-refractivity contribution >= 4 is 11.3 Å². The summed E-state index contributed by atoms with van der Waals surface area (Å²) in [5, 5.41) is 14.6. The molecule has 7 nitrogen and oxygen atoms in total. The third kappa shape index (κ3) is 3.56. The van der Waals surface area contributed by atoms with Crippen LogP contribution in [0.15, 0.2) is 42.5 Å². The quantitative estimate of drug-likeness (QED) is 0.568. The Morgan fingerprint density at radius 3 is 2.89 bits per heavy atom. The van der Waals surface area contributed by atoms with E-state index in [-0.39, 0.29) is 10.6 Å². The number of imidazole rings is 1. The summed E-state index contributed by atoms with van der Waals surface area (Å²) in [4.78, 5) is 18.1. The van der Waals surface area contributed by atoms with E-state index in [1.54, 1.807) is 12.1 Å². The summed E-state index contributed by atoms with van der Waals surface area (Å²) >= 11 is 0. The Morgan fingerprint density at radius 2 is 2.04 bits per heavy atom. The molecule has 3 heterocycles. The summed E-state index contributed by atoms with van der Waals surface area (Å²) in [5.41, 5.74) is 4.77. The van der Waals surface area contributed by atoms with Crippen LogP contribution in [0.1, 0.15) is 17.8 Å². The van der Waals surface area contributed by atoms with Crippen molar-refractivity contribution in [3.05, 3.63) is 64.0 Å². The third-order valence-electron chi connectivity index (χ3n) is 5.07. The van der Waals surface area contributed by atoms with Crippen LogP contribution in [0.2, 0.25) is 0 Å². The molecule has 0 aliphatic carbocycles. The number of nitro groups is 1. The lowest BCUT2D eigenvalue weighted by atomic mass is 10.1. The van der Waals surface area contributed by atoms with E-state index < -0.39 is 0 Å². The van der Waals surface area contributed by atoms with Crippen LogP contribution >= 0.6 is 0 Å². The molecule has 3 aromatic rings. The van der Waals surface area contributed by atoms with Crippen LogP contribution in [0.3, 0.4) is 0 Å². The molecule has 27 heavy (non-hydrogen) atoms. The first-order valence-corrected chi connectivity index (χ1v) is 9.28. The molecule has 0 spiro atoms. The second kappa shape index (κ2) is 7.46. The van der Waals surface area contributed by atoms with Gasteiger partial charge in [-0.25, -0.2) is 4.98 Å². The lowest BCUT2D eigenvalue weighted by Crippen LogP contribution is -2.28. The molecule has 140 valence electrons. The van der Waals surface area contributed by atoms with Gasteiger partial charge in [-0.2, -0.15) is 0 Å². The van der Waals surface area contributed by atoms with Crippen LogP contribution in [0.4, 0.5) is 5.69 Å². The van der Waals surface area contributed by atoms with Gasteiger partial charge in [0.25, 0.3) is 5.69 Å². The largest absolute Gasteiger partial charge is 0.315 e. The van der Waals surface area contributed by atoms with Gasteiger partial charge in [-0.05, 0) is 38.6 Å². The lowest BCUT2D eigenvalue weighted by molar-refractivity contribution is -0.384. The number of rotatable bonds is 4. The normalized spacial score (nSPS) is 15.7. The van der Waals surface area contributed by atoms with Crippen molar-refractivity contribution in [3.8, 4) is 11.3 Å². The molecule has 1 aliphatic heterocycles. The molecular formula is C20H23N5O2. The highest BCUT2D eigenvalue weighted by Gasteiger charge is 2.20. The van der Waals surface area contributed by atoms with E-state index in [0.717, 1.165) is 67.4 Å². The average molecular weight is 365 g/mol. The summed E-state index contributed by atoms with van der Waals surface area (Å²) < 4.78 is 2.17. The zero-order valence-electron chi connectivity index (χ0n) is 15.4. The molecule has 1 aliphatic rings. The van der Waals surface area contributed by atoms with Gasteiger partial charge >= 0.3 is 0 Å². The molecule has 7 heteroatoms. The lowest BCUT2D eigenvalue weighted by Gasteiger charge is -2.20. The van der Waals surface area contributed by atoms with Gasteiger partial charge in [0.15, 0.2) is 0 Å². The number of nitrogens with zero attached hydrogens (tertiary/aromatic N) is 4. The standard InChI is InChI=1S/C20H23N5O2/c1-15-5-2-8-19-22-20(16-6-3-7-17(13-16)25(26)27)18(24(15)19)14-23-11-4-9-21-10-12-23/h2-3,5-8,13,21H,4,9-12,14H2,1H3. The second-order valence-corrected chi connectivity index (χ2v) is 6.96. The maximum absolute atomic E-state index is 11.2. The summed E-state index contributed by atoms with van der Waals surface area (Å²) in [7, 11) is 0. The summed E-state index contributed by atoms with van der Waals surface area (Å²) in [6, 6.07) is 12.8. The molecule has 0 bridgehead atoms. The maximum atomic E-state index is 11.2. The number of benzene rings is 1. The van der Waals surface area contributed by atoms with Crippen molar-refractivity contribution in [2.75, 3.05) is 26.2 Å². The van der Waals surface area contributed by atoms with Crippen molar-refractivity contribution in [3.63, 3.8) is 0 Å². The molecule has 1 aromatic carbocycles. The highest BCUT2D eigenvalue weighted by atomic mass is 16.6. The number of hydrogen-bond acceptors (Lipinski definition) is 5. The minimum absolute atomic E-state index is 0.0891. The first-order valence-electron chi connectivity index (χ1n) is 9.28. The van der Waals surface area contributed by atoms with E-state index in [1.165, 1.54) is 6.07 Å². The summed E-state index contributed by atoms with van der Waals surface area (Å²) in [6.07, 6.45) is 1.11. The Balaban J connectivity index is 1.83. The number of non-ortho nitro benzene ring substituents is 1. The van der Waals surface area contributed by atoms with Gasteiger partial charge in [-0.3, -0.25) is 19.4 Å². The molecule has 0 atom stereocenters. The summed E-state index contributed by atoms with van der Waals surface area (Å²) in [6.45, 7) is 6.86. The predicted molar refractivity (Wildman–Crippen MR) is 105 cm³/mol. The van der Waals surface area contributed by atoms with E-state index in [2.05, 4.69) is 27.6 Å². The molecule has 0 radical (unpaired) electrons. The van der Waals surface area contributed by atoms with E-state index in [9.17, 15) is 10.1 Å². The average Bonchev–Trinajstić information content (AvgIpc) is 2.84. The van der Waals surface area contributed by atoms with Crippen molar-refractivity contribution in [2.24, 2.45) is 0 Å². The number of nitro benzene ring substituents is 1. The molecule has 4 rings (SSSR count). The predicted octanol–water partition coefficient (Wildman–Crippen LogP) is 3.01. The van der Waals surface area contributed by atoms with E-state index in [1.807, 2.05) is 18.2 Å². The highest BCUT2D eigenvalue weighted by Crippen LogP contribution is 2.29. The summed E-state index contributed by atoms with van der Waals surface area (Å²) in [5.74, 6) is 0. The third-order valence-corrected chi connectivity index (χ3v) is 5.07. The molecule has 1 saturated heterocycles. The van der Waals surface area contributed by atoms with Gasteiger partial charge in [0.05, 0.1) is 16.3 Å². The van der Waals surface area contributed by atoms with Crippen molar-refractivity contribution in [1.82, 2.24) is 19.6 Å². The first kappa shape index (κ1) is 17.6. The van der Waals surface area contributed by atoms with Crippen LogP contribution in [-0.2, 0) is 6.54 Å².